The zero-order valence-corrected chi connectivity index (χ0v) is 10.0. The van der Waals surface area contributed by atoms with E-state index in [0.29, 0.717) is 19.1 Å². The van der Waals surface area contributed by atoms with Crippen molar-refractivity contribution >= 4 is 11.8 Å². The van der Waals surface area contributed by atoms with Crippen molar-refractivity contribution < 1.29 is 9.59 Å². The van der Waals surface area contributed by atoms with Gasteiger partial charge in [-0.2, -0.15) is 0 Å². The smallest absolute Gasteiger partial charge is 0.237 e. The summed E-state index contributed by atoms with van der Waals surface area (Å²) in [6.07, 6.45) is 1.90. The molecule has 0 aromatic carbocycles. The monoisotopic (exact) mass is 227 g/mol. The van der Waals surface area contributed by atoms with Crippen LogP contribution < -0.4 is 11.1 Å². The second-order valence-corrected chi connectivity index (χ2v) is 4.40. The first kappa shape index (κ1) is 13.0. The molecule has 1 aliphatic heterocycles. The molecule has 5 nitrogen and oxygen atoms in total. The Morgan fingerprint density at radius 1 is 1.44 bits per heavy atom. The number of nitrogens with one attached hydrogen (secondary N) is 1. The maximum atomic E-state index is 12.0. The summed E-state index contributed by atoms with van der Waals surface area (Å²) >= 11 is 0. The van der Waals surface area contributed by atoms with Gasteiger partial charge >= 0.3 is 0 Å². The topological polar surface area (TPSA) is 75.4 Å². The van der Waals surface area contributed by atoms with Crippen LogP contribution in [0.5, 0.6) is 0 Å². The largest absolute Gasteiger partial charge is 0.368 e. The van der Waals surface area contributed by atoms with Gasteiger partial charge in [-0.3, -0.25) is 9.59 Å². The summed E-state index contributed by atoms with van der Waals surface area (Å²) in [5, 5.41) is 3.28. The Balaban J connectivity index is 2.51. The standard InChI is InChI=1S/C11H21N3O2/c1-3-14(7-10(12)15)11(16)9-5-4-8(2)13-6-9/h8-9,13H,3-7H2,1-2H3,(H2,12,15). The van der Waals surface area contributed by atoms with Gasteiger partial charge in [-0.25, -0.2) is 0 Å². The van der Waals surface area contributed by atoms with Crippen molar-refractivity contribution in [2.45, 2.75) is 32.7 Å². The Bertz CT molecular complexity index is 260. The first-order chi connectivity index (χ1) is 7.54. The summed E-state index contributed by atoms with van der Waals surface area (Å²) in [7, 11) is 0. The van der Waals surface area contributed by atoms with Crippen LogP contribution in [0.4, 0.5) is 0 Å². The molecular weight excluding hydrogens is 206 g/mol. The third-order valence-corrected chi connectivity index (χ3v) is 3.05. The van der Waals surface area contributed by atoms with Crippen molar-refractivity contribution in [1.29, 1.82) is 0 Å². The number of piperidine rings is 1. The second-order valence-electron chi connectivity index (χ2n) is 4.40. The van der Waals surface area contributed by atoms with E-state index in [2.05, 4.69) is 12.2 Å². The van der Waals surface area contributed by atoms with E-state index in [4.69, 9.17) is 5.73 Å². The highest BCUT2D eigenvalue weighted by Gasteiger charge is 2.27. The van der Waals surface area contributed by atoms with Gasteiger partial charge in [0.05, 0.1) is 12.5 Å². The van der Waals surface area contributed by atoms with Crippen LogP contribution >= 0.6 is 0 Å². The number of carbonyl (C=O) groups is 2. The molecule has 3 N–H and O–H groups in total. The molecule has 2 amide bonds. The van der Waals surface area contributed by atoms with Crippen LogP contribution in [0.2, 0.25) is 0 Å². The van der Waals surface area contributed by atoms with Gasteiger partial charge in [-0.1, -0.05) is 0 Å². The lowest BCUT2D eigenvalue weighted by Crippen LogP contribution is -2.47. The minimum absolute atomic E-state index is 0.00417. The van der Waals surface area contributed by atoms with Crippen LogP contribution in [0, 0.1) is 5.92 Å². The fourth-order valence-corrected chi connectivity index (χ4v) is 2.00. The number of rotatable bonds is 4. The Hall–Kier alpha value is -1.10. The van der Waals surface area contributed by atoms with E-state index >= 15 is 0 Å². The van der Waals surface area contributed by atoms with Gasteiger partial charge in [0, 0.05) is 19.1 Å². The molecule has 1 saturated heterocycles. The summed E-state index contributed by atoms with van der Waals surface area (Å²) in [6, 6.07) is 0.482. The number of likely N-dealkylation sites (N-methyl/N-ethyl adjacent to an activating group) is 1. The molecule has 0 radical (unpaired) electrons. The average Bonchev–Trinajstić information content (AvgIpc) is 2.25. The number of hydrogen-bond acceptors (Lipinski definition) is 3. The minimum Gasteiger partial charge on any atom is -0.368 e. The third-order valence-electron chi connectivity index (χ3n) is 3.05. The number of hydrogen-bond donors (Lipinski definition) is 2. The van der Waals surface area contributed by atoms with E-state index in [1.54, 1.807) is 0 Å². The van der Waals surface area contributed by atoms with Gasteiger partial charge in [0.2, 0.25) is 11.8 Å². The van der Waals surface area contributed by atoms with E-state index in [9.17, 15) is 9.59 Å². The SMILES string of the molecule is CCN(CC(N)=O)C(=O)C1CCC(C)NC1. The maximum Gasteiger partial charge on any atom is 0.237 e. The molecule has 0 aliphatic carbocycles. The molecular formula is C11H21N3O2. The first-order valence-electron chi connectivity index (χ1n) is 5.85. The molecule has 1 rings (SSSR count). The number of amides is 2. The highest BCUT2D eigenvalue weighted by molar-refractivity contribution is 5.85. The molecule has 0 saturated carbocycles. The lowest BCUT2D eigenvalue weighted by Gasteiger charge is -2.30. The molecule has 0 aromatic heterocycles. The summed E-state index contributed by atoms with van der Waals surface area (Å²) in [6.45, 7) is 5.24. The predicted molar refractivity (Wildman–Crippen MR) is 61.6 cm³/mol. The van der Waals surface area contributed by atoms with Crippen molar-refractivity contribution in [2.24, 2.45) is 11.7 Å². The third kappa shape index (κ3) is 3.48. The molecule has 0 aromatic rings. The highest BCUT2D eigenvalue weighted by Crippen LogP contribution is 2.16. The lowest BCUT2D eigenvalue weighted by molar-refractivity contribution is -0.139. The maximum absolute atomic E-state index is 12.0. The number of carbonyl (C=O) groups excluding carboxylic acids is 2. The number of primary amides is 1. The van der Waals surface area contributed by atoms with Crippen molar-refractivity contribution in [3.8, 4) is 0 Å². The zero-order chi connectivity index (χ0) is 12.1. The molecule has 2 atom stereocenters. The van der Waals surface area contributed by atoms with Crippen molar-refractivity contribution in [2.75, 3.05) is 19.6 Å². The Kier molecular flexibility index (Phi) is 4.73. The molecule has 92 valence electrons. The van der Waals surface area contributed by atoms with E-state index in [1.165, 1.54) is 4.90 Å². The van der Waals surface area contributed by atoms with Crippen molar-refractivity contribution in [3.05, 3.63) is 0 Å². The van der Waals surface area contributed by atoms with Crippen LogP contribution in [-0.2, 0) is 9.59 Å². The molecule has 1 heterocycles. The second kappa shape index (κ2) is 5.84. The van der Waals surface area contributed by atoms with E-state index in [1.807, 2.05) is 6.92 Å². The molecule has 0 bridgehead atoms. The van der Waals surface area contributed by atoms with Gasteiger partial charge in [0.1, 0.15) is 0 Å². The van der Waals surface area contributed by atoms with E-state index in [0.717, 1.165) is 12.8 Å². The number of nitrogens with zero attached hydrogens (tertiary/aromatic N) is 1. The molecule has 16 heavy (non-hydrogen) atoms. The predicted octanol–water partition coefficient (Wildman–Crippen LogP) is -0.292. The molecule has 0 spiro atoms. The van der Waals surface area contributed by atoms with Crippen LogP contribution in [0.1, 0.15) is 26.7 Å². The van der Waals surface area contributed by atoms with Gasteiger partial charge in [0.25, 0.3) is 0 Å². The molecule has 1 aliphatic rings. The number of nitrogens with two attached hydrogens (primary N) is 1. The fraction of sp³-hybridized carbons (Fsp3) is 0.818. The minimum atomic E-state index is -0.452. The highest BCUT2D eigenvalue weighted by atomic mass is 16.2. The van der Waals surface area contributed by atoms with Crippen molar-refractivity contribution in [1.82, 2.24) is 10.2 Å². The Morgan fingerprint density at radius 3 is 2.56 bits per heavy atom. The van der Waals surface area contributed by atoms with E-state index < -0.39 is 5.91 Å². The quantitative estimate of drug-likeness (QED) is 0.693. The zero-order valence-electron chi connectivity index (χ0n) is 10.0. The van der Waals surface area contributed by atoms with Crippen LogP contribution in [-0.4, -0.2) is 42.4 Å². The molecule has 1 fully saturated rings. The summed E-state index contributed by atoms with van der Waals surface area (Å²) < 4.78 is 0. The average molecular weight is 227 g/mol. The van der Waals surface area contributed by atoms with Gasteiger partial charge in [0.15, 0.2) is 0 Å². The van der Waals surface area contributed by atoms with Crippen LogP contribution in [0.25, 0.3) is 0 Å². The summed E-state index contributed by atoms with van der Waals surface area (Å²) in [5.74, 6) is -0.413. The van der Waals surface area contributed by atoms with Crippen molar-refractivity contribution in [3.63, 3.8) is 0 Å². The van der Waals surface area contributed by atoms with Crippen LogP contribution in [0.15, 0.2) is 0 Å². The van der Waals surface area contributed by atoms with E-state index in [-0.39, 0.29) is 18.4 Å². The molecule has 5 heteroatoms. The Labute approximate surface area is 96.4 Å². The summed E-state index contributed by atoms with van der Waals surface area (Å²) in [5.41, 5.74) is 5.11. The normalized spacial score (nSPS) is 25.1. The lowest BCUT2D eigenvalue weighted by atomic mass is 9.94. The van der Waals surface area contributed by atoms with Gasteiger partial charge < -0.3 is 16.0 Å². The fourth-order valence-electron chi connectivity index (χ4n) is 2.00. The van der Waals surface area contributed by atoms with Gasteiger partial charge in [-0.05, 0) is 26.7 Å². The van der Waals surface area contributed by atoms with Crippen LogP contribution in [0.3, 0.4) is 0 Å². The Morgan fingerprint density at radius 2 is 2.12 bits per heavy atom. The molecule has 2 unspecified atom stereocenters. The summed E-state index contributed by atoms with van der Waals surface area (Å²) in [4.78, 5) is 24.4. The van der Waals surface area contributed by atoms with Gasteiger partial charge in [-0.15, -0.1) is 0 Å². The first-order valence-corrected chi connectivity index (χ1v) is 5.85.